The van der Waals surface area contributed by atoms with E-state index in [1.807, 2.05) is 23.1 Å². The lowest BCUT2D eigenvalue weighted by molar-refractivity contribution is -0.137. The van der Waals surface area contributed by atoms with E-state index in [1.54, 1.807) is 18.1 Å². The molecule has 0 aliphatic carbocycles. The molecule has 0 spiro atoms. The number of hydrogen-bond donors (Lipinski definition) is 1. The van der Waals surface area contributed by atoms with E-state index < -0.39 is 11.7 Å². The SMILES string of the molecule is COc1cccc(N2CCC(CNC(=O)N3CCN(c4cccc(C(F)(F)F)c4)CC3)C2)c1. The maximum Gasteiger partial charge on any atom is 0.416 e. The number of nitrogens with zero attached hydrogens (tertiary/aromatic N) is 3. The lowest BCUT2D eigenvalue weighted by atomic mass is 10.1. The number of piperazine rings is 1. The summed E-state index contributed by atoms with van der Waals surface area (Å²) in [7, 11) is 1.65. The summed E-state index contributed by atoms with van der Waals surface area (Å²) in [6, 6.07) is 13.2. The molecular weight excluding hydrogens is 433 g/mol. The van der Waals surface area contributed by atoms with Crippen molar-refractivity contribution in [3.63, 3.8) is 0 Å². The fourth-order valence-electron chi connectivity index (χ4n) is 4.43. The van der Waals surface area contributed by atoms with Crippen LogP contribution >= 0.6 is 0 Å². The number of anilines is 2. The summed E-state index contributed by atoms with van der Waals surface area (Å²) in [6.07, 6.45) is -3.36. The summed E-state index contributed by atoms with van der Waals surface area (Å²) in [6.45, 7) is 4.36. The lowest BCUT2D eigenvalue weighted by Crippen LogP contribution is -2.52. The number of hydrogen-bond acceptors (Lipinski definition) is 4. The molecule has 1 atom stereocenters. The number of halogens is 3. The van der Waals surface area contributed by atoms with Gasteiger partial charge in [0, 0.05) is 63.3 Å². The second kappa shape index (κ2) is 9.80. The third-order valence-corrected chi connectivity index (χ3v) is 6.35. The average Bonchev–Trinajstić information content (AvgIpc) is 3.31. The first-order valence-electron chi connectivity index (χ1n) is 11.2. The Bertz CT molecular complexity index is 961. The molecule has 2 aromatic carbocycles. The molecule has 9 heteroatoms. The van der Waals surface area contributed by atoms with Crippen molar-refractivity contribution in [1.29, 1.82) is 0 Å². The first-order valence-corrected chi connectivity index (χ1v) is 11.2. The zero-order chi connectivity index (χ0) is 23.4. The summed E-state index contributed by atoms with van der Waals surface area (Å²) in [5, 5.41) is 3.04. The van der Waals surface area contributed by atoms with Crippen LogP contribution in [0.25, 0.3) is 0 Å². The van der Waals surface area contributed by atoms with Crippen LogP contribution in [-0.2, 0) is 6.18 Å². The number of nitrogens with one attached hydrogen (secondary N) is 1. The molecule has 2 aliphatic rings. The van der Waals surface area contributed by atoms with Gasteiger partial charge in [-0.15, -0.1) is 0 Å². The molecular formula is C24H29F3N4O2. The number of carbonyl (C=O) groups excluding carboxylic acids is 1. The molecule has 1 unspecified atom stereocenters. The van der Waals surface area contributed by atoms with Crippen LogP contribution in [0.1, 0.15) is 12.0 Å². The zero-order valence-corrected chi connectivity index (χ0v) is 18.6. The first-order chi connectivity index (χ1) is 15.8. The van der Waals surface area contributed by atoms with E-state index in [1.165, 1.54) is 12.1 Å². The Kier molecular flexibility index (Phi) is 6.85. The molecule has 2 aliphatic heterocycles. The van der Waals surface area contributed by atoms with Crippen LogP contribution in [0, 0.1) is 5.92 Å². The molecule has 1 N–H and O–H groups in total. The number of methoxy groups -OCH3 is 1. The molecule has 2 aromatic rings. The van der Waals surface area contributed by atoms with Crippen LogP contribution in [0.2, 0.25) is 0 Å². The quantitative estimate of drug-likeness (QED) is 0.728. The van der Waals surface area contributed by atoms with Crippen LogP contribution in [0.3, 0.4) is 0 Å². The van der Waals surface area contributed by atoms with Crippen LogP contribution in [0.4, 0.5) is 29.3 Å². The van der Waals surface area contributed by atoms with Crippen LogP contribution in [-0.4, -0.2) is 63.9 Å². The minimum absolute atomic E-state index is 0.112. The fourth-order valence-corrected chi connectivity index (χ4v) is 4.43. The van der Waals surface area contributed by atoms with Gasteiger partial charge in [0.15, 0.2) is 0 Å². The topological polar surface area (TPSA) is 48.1 Å². The van der Waals surface area contributed by atoms with Gasteiger partial charge in [-0.25, -0.2) is 4.79 Å². The van der Waals surface area contributed by atoms with Crippen molar-refractivity contribution in [2.45, 2.75) is 12.6 Å². The van der Waals surface area contributed by atoms with Crippen molar-refractivity contribution in [2.24, 2.45) is 5.92 Å². The van der Waals surface area contributed by atoms with Gasteiger partial charge in [0.25, 0.3) is 0 Å². The van der Waals surface area contributed by atoms with Crippen LogP contribution < -0.4 is 19.9 Å². The van der Waals surface area contributed by atoms with Crippen molar-refractivity contribution in [3.05, 3.63) is 54.1 Å². The van der Waals surface area contributed by atoms with Crippen molar-refractivity contribution in [1.82, 2.24) is 10.2 Å². The Labute approximate surface area is 191 Å². The van der Waals surface area contributed by atoms with Crippen molar-refractivity contribution in [2.75, 3.05) is 62.7 Å². The van der Waals surface area contributed by atoms with Gasteiger partial charge in [-0.3, -0.25) is 0 Å². The molecule has 0 aromatic heterocycles. The molecule has 0 bridgehead atoms. The monoisotopic (exact) mass is 462 g/mol. The zero-order valence-electron chi connectivity index (χ0n) is 18.6. The van der Waals surface area contributed by atoms with Crippen molar-refractivity contribution >= 4 is 17.4 Å². The summed E-state index contributed by atoms with van der Waals surface area (Å²) in [4.78, 5) is 18.6. The maximum absolute atomic E-state index is 13.0. The van der Waals surface area contributed by atoms with Gasteiger partial charge in [-0.2, -0.15) is 13.2 Å². The molecule has 2 amide bonds. The lowest BCUT2D eigenvalue weighted by Gasteiger charge is -2.36. The number of urea groups is 1. The summed E-state index contributed by atoms with van der Waals surface area (Å²) in [5.74, 6) is 1.19. The molecule has 2 fully saturated rings. The van der Waals surface area contributed by atoms with Gasteiger partial charge >= 0.3 is 12.2 Å². The van der Waals surface area contributed by atoms with E-state index in [-0.39, 0.29) is 6.03 Å². The molecule has 6 nitrogen and oxygen atoms in total. The highest BCUT2D eigenvalue weighted by molar-refractivity contribution is 5.74. The van der Waals surface area contributed by atoms with E-state index in [0.717, 1.165) is 37.0 Å². The van der Waals surface area contributed by atoms with Gasteiger partial charge in [-0.1, -0.05) is 12.1 Å². The number of rotatable bonds is 5. The number of alkyl halides is 3. The highest BCUT2D eigenvalue weighted by atomic mass is 19.4. The molecule has 4 rings (SSSR count). The predicted molar refractivity (Wildman–Crippen MR) is 122 cm³/mol. The number of carbonyl (C=O) groups is 1. The van der Waals surface area contributed by atoms with E-state index in [0.29, 0.717) is 44.3 Å². The highest BCUT2D eigenvalue weighted by Crippen LogP contribution is 2.32. The highest BCUT2D eigenvalue weighted by Gasteiger charge is 2.31. The summed E-state index contributed by atoms with van der Waals surface area (Å²) < 4.78 is 44.2. The van der Waals surface area contributed by atoms with E-state index >= 15 is 0 Å². The largest absolute Gasteiger partial charge is 0.497 e. The van der Waals surface area contributed by atoms with E-state index in [2.05, 4.69) is 16.3 Å². The Balaban J connectivity index is 1.23. The van der Waals surface area contributed by atoms with Gasteiger partial charge in [0.05, 0.1) is 12.7 Å². The summed E-state index contributed by atoms with van der Waals surface area (Å²) in [5.41, 5.74) is 1.00. The molecule has 0 saturated carbocycles. The average molecular weight is 463 g/mol. The second-order valence-corrected chi connectivity index (χ2v) is 8.51. The standard InChI is InChI=1S/C24H29F3N4O2/c1-33-22-7-3-6-21(15-22)31-9-8-18(17-31)16-28-23(32)30-12-10-29(11-13-30)20-5-2-4-19(14-20)24(25,26)27/h2-7,14-15,18H,8-13,16-17H2,1H3,(H,28,32). The van der Waals surface area contributed by atoms with Gasteiger partial charge in [0.2, 0.25) is 0 Å². The van der Waals surface area contributed by atoms with Gasteiger partial charge in [0.1, 0.15) is 5.75 Å². The number of benzene rings is 2. The van der Waals surface area contributed by atoms with Crippen LogP contribution in [0.15, 0.2) is 48.5 Å². The molecule has 178 valence electrons. The fraction of sp³-hybridized carbons (Fsp3) is 0.458. The number of ether oxygens (including phenoxy) is 1. The van der Waals surface area contributed by atoms with Crippen molar-refractivity contribution < 1.29 is 22.7 Å². The van der Waals surface area contributed by atoms with Gasteiger partial charge < -0.3 is 24.8 Å². The Hall–Kier alpha value is -3.10. The summed E-state index contributed by atoms with van der Waals surface area (Å²) >= 11 is 0. The Morgan fingerprint density at radius 3 is 2.39 bits per heavy atom. The second-order valence-electron chi connectivity index (χ2n) is 8.51. The van der Waals surface area contributed by atoms with E-state index in [9.17, 15) is 18.0 Å². The molecule has 2 heterocycles. The van der Waals surface area contributed by atoms with E-state index in [4.69, 9.17) is 4.74 Å². The molecule has 33 heavy (non-hydrogen) atoms. The first kappa shape index (κ1) is 23.1. The molecule has 0 radical (unpaired) electrons. The molecule has 2 saturated heterocycles. The van der Waals surface area contributed by atoms with Gasteiger partial charge in [-0.05, 0) is 42.7 Å². The normalized spacial score (nSPS) is 19.0. The van der Waals surface area contributed by atoms with Crippen LogP contribution in [0.5, 0.6) is 5.75 Å². The predicted octanol–water partition coefficient (Wildman–Crippen LogP) is 4.07. The Morgan fingerprint density at radius 1 is 1.00 bits per heavy atom. The third kappa shape index (κ3) is 5.64. The maximum atomic E-state index is 13.0. The minimum Gasteiger partial charge on any atom is -0.497 e. The number of amides is 2. The Morgan fingerprint density at radius 2 is 1.70 bits per heavy atom. The smallest absolute Gasteiger partial charge is 0.416 e. The third-order valence-electron chi connectivity index (χ3n) is 6.35. The minimum atomic E-state index is -4.36. The van der Waals surface area contributed by atoms with Crippen molar-refractivity contribution in [3.8, 4) is 5.75 Å².